The van der Waals surface area contributed by atoms with Crippen molar-refractivity contribution < 1.29 is 19.1 Å². The maximum absolute atomic E-state index is 11.9. The second-order valence-corrected chi connectivity index (χ2v) is 7.14. The van der Waals surface area contributed by atoms with Crippen molar-refractivity contribution in [3.05, 3.63) is 12.2 Å². The summed E-state index contributed by atoms with van der Waals surface area (Å²) in [6.07, 6.45) is 18.1. The molecule has 2 rings (SSSR count). The number of ether oxygens (including phenoxy) is 2. The van der Waals surface area contributed by atoms with Crippen LogP contribution in [0.25, 0.3) is 0 Å². The maximum atomic E-state index is 11.9. The van der Waals surface area contributed by atoms with Crippen LogP contribution < -0.4 is 0 Å². The van der Waals surface area contributed by atoms with Gasteiger partial charge in [0.15, 0.2) is 0 Å². The molecule has 0 aromatic heterocycles. The van der Waals surface area contributed by atoms with Crippen molar-refractivity contribution >= 4 is 11.9 Å². The van der Waals surface area contributed by atoms with Gasteiger partial charge >= 0.3 is 11.9 Å². The Hall–Kier alpha value is -1.32. The molecule has 136 valence electrons. The summed E-state index contributed by atoms with van der Waals surface area (Å²) >= 11 is 0. The molecule has 0 N–H and O–H groups in total. The molecule has 0 aromatic carbocycles. The minimum atomic E-state index is -0.421. The van der Waals surface area contributed by atoms with Gasteiger partial charge in [0.1, 0.15) is 12.2 Å². The van der Waals surface area contributed by atoms with Gasteiger partial charge in [-0.05, 0) is 51.4 Å². The Kier molecular flexibility index (Phi) is 8.93. The van der Waals surface area contributed by atoms with Crippen LogP contribution in [0.3, 0.4) is 0 Å². The molecular formula is C20H32O4. The van der Waals surface area contributed by atoms with Gasteiger partial charge in [-0.1, -0.05) is 38.5 Å². The first kappa shape index (κ1) is 19.0. The first-order chi connectivity index (χ1) is 11.7. The molecule has 0 atom stereocenters. The van der Waals surface area contributed by atoms with E-state index in [4.69, 9.17) is 9.47 Å². The average Bonchev–Trinajstić information content (AvgIpc) is 2.50. The lowest BCUT2D eigenvalue weighted by atomic mass is 9.98. The predicted octanol–water partition coefficient (Wildman–Crippen LogP) is 4.85. The minimum absolute atomic E-state index is 0.00378. The Balaban J connectivity index is 1.70. The molecule has 0 amide bonds. The zero-order valence-electron chi connectivity index (χ0n) is 14.8. The molecule has 0 bridgehead atoms. The highest BCUT2D eigenvalue weighted by Crippen LogP contribution is 2.20. The van der Waals surface area contributed by atoms with E-state index in [1.54, 1.807) is 0 Å². The Morgan fingerprint density at radius 2 is 0.833 bits per heavy atom. The summed E-state index contributed by atoms with van der Waals surface area (Å²) in [6.45, 7) is 0. The largest absolute Gasteiger partial charge is 0.459 e. The van der Waals surface area contributed by atoms with E-state index >= 15 is 0 Å². The summed E-state index contributed by atoms with van der Waals surface area (Å²) < 4.78 is 10.9. The van der Waals surface area contributed by atoms with E-state index < -0.39 is 11.9 Å². The van der Waals surface area contributed by atoms with Crippen molar-refractivity contribution in [2.75, 3.05) is 0 Å². The molecule has 0 spiro atoms. The molecule has 2 aliphatic carbocycles. The first-order valence-corrected chi connectivity index (χ1v) is 9.83. The van der Waals surface area contributed by atoms with E-state index in [-0.39, 0.29) is 12.2 Å². The number of rotatable bonds is 4. The van der Waals surface area contributed by atoms with Crippen LogP contribution in [0.15, 0.2) is 12.2 Å². The van der Waals surface area contributed by atoms with Crippen molar-refractivity contribution in [1.82, 2.24) is 0 Å². The van der Waals surface area contributed by atoms with Crippen LogP contribution in [0.1, 0.15) is 89.9 Å². The van der Waals surface area contributed by atoms with Gasteiger partial charge in [0.05, 0.1) is 0 Å². The van der Waals surface area contributed by atoms with E-state index in [1.807, 2.05) is 0 Å². The monoisotopic (exact) mass is 336 g/mol. The Morgan fingerprint density at radius 3 is 1.17 bits per heavy atom. The van der Waals surface area contributed by atoms with Crippen molar-refractivity contribution in [2.24, 2.45) is 0 Å². The molecule has 4 nitrogen and oxygen atoms in total. The van der Waals surface area contributed by atoms with E-state index in [0.29, 0.717) is 0 Å². The predicted molar refractivity (Wildman–Crippen MR) is 93.5 cm³/mol. The van der Waals surface area contributed by atoms with Crippen LogP contribution in [0, 0.1) is 0 Å². The van der Waals surface area contributed by atoms with Gasteiger partial charge in [-0.15, -0.1) is 0 Å². The summed E-state index contributed by atoms with van der Waals surface area (Å²) in [5.41, 5.74) is 0. The highest BCUT2D eigenvalue weighted by atomic mass is 16.5. The smallest absolute Gasteiger partial charge is 0.331 e. The summed E-state index contributed by atoms with van der Waals surface area (Å²) in [5, 5.41) is 0. The molecule has 0 aromatic rings. The van der Waals surface area contributed by atoms with Gasteiger partial charge in [-0.3, -0.25) is 0 Å². The van der Waals surface area contributed by atoms with Gasteiger partial charge in [0.25, 0.3) is 0 Å². The average molecular weight is 336 g/mol. The second-order valence-electron chi connectivity index (χ2n) is 7.14. The third kappa shape index (κ3) is 7.98. The third-order valence-corrected chi connectivity index (χ3v) is 5.03. The molecule has 0 saturated heterocycles. The summed E-state index contributed by atoms with van der Waals surface area (Å²) in [6, 6.07) is 0. The van der Waals surface area contributed by atoms with Gasteiger partial charge in [-0.25, -0.2) is 9.59 Å². The Bertz CT molecular complexity index is 362. The fraction of sp³-hybridized carbons (Fsp3) is 0.800. The zero-order valence-corrected chi connectivity index (χ0v) is 14.8. The molecular weight excluding hydrogens is 304 g/mol. The van der Waals surface area contributed by atoms with Crippen molar-refractivity contribution in [3.8, 4) is 0 Å². The third-order valence-electron chi connectivity index (χ3n) is 5.03. The number of esters is 2. The number of carbonyl (C=O) groups is 2. The topological polar surface area (TPSA) is 52.6 Å². The quantitative estimate of drug-likeness (QED) is 0.544. The lowest BCUT2D eigenvalue weighted by Crippen LogP contribution is -2.19. The van der Waals surface area contributed by atoms with Crippen LogP contribution in [0.4, 0.5) is 0 Å². The zero-order chi connectivity index (χ0) is 17.0. The number of hydrogen-bond donors (Lipinski definition) is 0. The fourth-order valence-electron chi connectivity index (χ4n) is 3.62. The SMILES string of the molecule is O=C(/C=C/C(=O)OC1CCCCCCC1)OC1CCCCCCC1. The van der Waals surface area contributed by atoms with Gasteiger partial charge in [-0.2, -0.15) is 0 Å². The van der Waals surface area contributed by atoms with Crippen molar-refractivity contribution in [2.45, 2.75) is 102 Å². The maximum Gasteiger partial charge on any atom is 0.331 e. The van der Waals surface area contributed by atoms with Gasteiger partial charge in [0, 0.05) is 12.2 Å². The molecule has 4 heteroatoms. The molecule has 2 saturated carbocycles. The lowest BCUT2D eigenvalue weighted by molar-refractivity contribution is -0.146. The number of hydrogen-bond acceptors (Lipinski definition) is 4. The highest BCUT2D eigenvalue weighted by molar-refractivity contribution is 5.91. The highest BCUT2D eigenvalue weighted by Gasteiger charge is 2.16. The van der Waals surface area contributed by atoms with E-state index in [2.05, 4.69) is 0 Å². The van der Waals surface area contributed by atoms with Crippen LogP contribution >= 0.6 is 0 Å². The molecule has 24 heavy (non-hydrogen) atoms. The van der Waals surface area contributed by atoms with Gasteiger partial charge < -0.3 is 9.47 Å². The molecule has 0 heterocycles. The molecule has 0 aliphatic heterocycles. The van der Waals surface area contributed by atoms with Gasteiger partial charge in [0.2, 0.25) is 0 Å². The minimum Gasteiger partial charge on any atom is -0.459 e. The van der Waals surface area contributed by atoms with Crippen LogP contribution in [-0.4, -0.2) is 24.1 Å². The molecule has 2 aliphatic rings. The van der Waals surface area contributed by atoms with E-state index in [1.165, 1.54) is 50.7 Å². The van der Waals surface area contributed by atoms with Crippen molar-refractivity contribution in [1.29, 1.82) is 0 Å². The molecule has 2 fully saturated rings. The lowest BCUT2D eigenvalue weighted by Gasteiger charge is -2.20. The molecule has 0 unspecified atom stereocenters. The fourth-order valence-corrected chi connectivity index (χ4v) is 3.62. The van der Waals surface area contributed by atoms with Crippen LogP contribution in [0.5, 0.6) is 0 Å². The molecule has 0 radical (unpaired) electrons. The van der Waals surface area contributed by atoms with Crippen molar-refractivity contribution in [3.63, 3.8) is 0 Å². The first-order valence-electron chi connectivity index (χ1n) is 9.83. The van der Waals surface area contributed by atoms with E-state index in [0.717, 1.165) is 51.4 Å². The Morgan fingerprint density at radius 1 is 0.542 bits per heavy atom. The number of carbonyl (C=O) groups excluding carboxylic acids is 2. The summed E-state index contributed by atoms with van der Waals surface area (Å²) in [7, 11) is 0. The van der Waals surface area contributed by atoms with Crippen LogP contribution in [0.2, 0.25) is 0 Å². The second kappa shape index (κ2) is 11.3. The standard InChI is InChI=1S/C20H32O4/c21-19(23-17-11-7-3-1-4-8-12-17)15-16-20(22)24-18-13-9-5-2-6-10-14-18/h15-18H,1-14H2/b16-15+. The van der Waals surface area contributed by atoms with E-state index in [9.17, 15) is 9.59 Å². The van der Waals surface area contributed by atoms with Crippen LogP contribution in [-0.2, 0) is 19.1 Å². The summed E-state index contributed by atoms with van der Waals surface area (Å²) in [5.74, 6) is -0.842. The summed E-state index contributed by atoms with van der Waals surface area (Å²) in [4.78, 5) is 23.8. The Labute approximate surface area is 146 Å². The normalized spacial score (nSPS) is 22.2.